The molecule has 0 bridgehead atoms. The molecule has 1 aliphatic heterocycles. The number of aliphatic carboxylic acids is 1. The minimum Gasteiger partial charge on any atom is -0.481 e. The summed E-state index contributed by atoms with van der Waals surface area (Å²) in [5, 5.41) is 8.94. The number of rotatable bonds is 4. The van der Waals surface area contributed by atoms with Crippen LogP contribution < -0.4 is 0 Å². The number of carbonyl (C=O) groups is 2. The zero-order chi connectivity index (χ0) is 14.9. The Hall–Kier alpha value is -1.84. The van der Waals surface area contributed by atoms with Crippen molar-refractivity contribution >= 4 is 11.9 Å². The molecule has 1 fully saturated rings. The Bertz CT molecular complexity index is 533. The van der Waals surface area contributed by atoms with Crippen molar-refractivity contribution in [3.8, 4) is 0 Å². The number of aryl methyl sites for hydroxylation is 2. The maximum atomic E-state index is 12.2. The van der Waals surface area contributed by atoms with Gasteiger partial charge in [-0.15, -0.1) is 0 Å². The lowest BCUT2D eigenvalue weighted by Crippen LogP contribution is -2.53. The van der Waals surface area contributed by atoms with Gasteiger partial charge in [-0.05, 0) is 25.0 Å². The van der Waals surface area contributed by atoms with Crippen molar-refractivity contribution in [2.75, 3.05) is 13.1 Å². The van der Waals surface area contributed by atoms with Crippen LogP contribution in [0.3, 0.4) is 0 Å². The number of hydrogen-bond acceptors (Lipinski definition) is 2. The van der Waals surface area contributed by atoms with Crippen LogP contribution in [0.1, 0.15) is 23.6 Å². The van der Waals surface area contributed by atoms with Crippen molar-refractivity contribution < 1.29 is 14.7 Å². The van der Waals surface area contributed by atoms with Crippen molar-refractivity contribution in [1.82, 2.24) is 4.90 Å². The first-order valence-corrected chi connectivity index (χ1v) is 6.95. The maximum absolute atomic E-state index is 12.2. The van der Waals surface area contributed by atoms with Crippen LogP contribution in [0.15, 0.2) is 18.2 Å². The average Bonchev–Trinajstić information content (AvgIpc) is 2.31. The van der Waals surface area contributed by atoms with E-state index in [0.717, 1.165) is 16.7 Å². The van der Waals surface area contributed by atoms with Crippen LogP contribution in [-0.4, -0.2) is 35.0 Å². The van der Waals surface area contributed by atoms with E-state index in [0.29, 0.717) is 19.5 Å². The summed E-state index contributed by atoms with van der Waals surface area (Å²) in [4.78, 5) is 24.8. The lowest BCUT2D eigenvalue weighted by molar-refractivity contribution is -0.150. The summed E-state index contributed by atoms with van der Waals surface area (Å²) in [5.41, 5.74) is 3.34. The molecule has 0 spiro atoms. The van der Waals surface area contributed by atoms with E-state index in [9.17, 15) is 9.59 Å². The Labute approximate surface area is 119 Å². The fourth-order valence-corrected chi connectivity index (χ4v) is 2.50. The highest BCUT2D eigenvalue weighted by molar-refractivity contribution is 5.80. The predicted octanol–water partition coefficient (Wildman–Crippen LogP) is 2.03. The van der Waals surface area contributed by atoms with Gasteiger partial charge in [0.05, 0.1) is 12.3 Å². The molecule has 108 valence electrons. The summed E-state index contributed by atoms with van der Waals surface area (Å²) < 4.78 is 0. The predicted molar refractivity (Wildman–Crippen MR) is 76.5 cm³/mol. The second-order valence-electron chi connectivity index (χ2n) is 5.79. The van der Waals surface area contributed by atoms with Gasteiger partial charge < -0.3 is 10.0 Å². The Kier molecular flexibility index (Phi) is 4.12. The summed E-state index contributed by atoms with van der Waals surface area (Å²) in [6.45, 7) is 6.86. The molecule has 0 radical (unpaired) electrons. The lowest BCUT2D eigenvalue weighted by atomic mass is 9.86. The van der Waals surface area contributed by atoms with Crippen LogP contribution in [0, 0.1) is 25.7 Å². The lowest BCUT2D eigenvalue weighted by Gasteiger charge is -2.41. The molecular formula is C16H21NO3. The topological polar surface area (TPSA) is 57.6 Å². The summed E-state index contributed by atoms with van der Waals surface area (Å²) in [7, 11) is 0. The first-order valence-electron chi connectivity index (χ1n) is 6.95. The van der Waals surface area contributed by atoms with E-state index in [4.69, 9.17) is 5.11 Å². The number of amides is 1. The molecule has 1 atom stereocenters. The third kappa shape index (κ3) is 3.00. The Morgan fingerprint density at radius 3 is 2.60 bits per heavy atom. The number of hydrogen-bond donors (Lipinski definition) is 1. The Balaban J connectivity index is 1.92. The Morgan fingerprint density at radius 2 is 2.00 bits per heavy atom. The van der Waals surface area contributed by atoms with Crippen LogP contribution in [-0.2, 0) is 16.0 Å². The fourth-order valence-electron chi connectivity index (χ4n) is 2.50. The van der Waals surface area contributed by atoms with Gasteiger partial charge >= 0.3 is 5.97 Å². The number of carboxylic acids is 1. The SMILES string of the molecule is Cc1ccc(C)c(CC(=O)N2CC(C(C)C(=O)O)C2)c1. The molecule has 0 aliphatic carbocycles. The largest absolute Gasteiger partial charge is 0.481 e. The molecule has 1 aromatic rings. The molecule has 4 heteroatoms. The highest BCUT2D eigenvalue weighted by atomic mass is 16.4. The summed E-state index contributed by atoms with van der Waals surface area (Å²) >= 11 is 0. The van der Waals surface area contributed by atoms with Crippen LogP contribution in [0.2, 0.25) is 0 Å². The molecule has 1 heterocycles. The second kappa shape index (κ2) is 5.65. The van der Waals surface area contributed by atoms with Crippen molar-refractivity contribution in [3.05, 3.63) is 34.9 Å². The molecule has 1 aliphatic rings. The first kappa shape index (κ1) is 14.6. The quantitative estimate of drug-likeness (QED) is 0.914. The van der Waals surface area contributed by atoms with E-state index < -0.39 is 5.97 Å². The van der Waals surface area contributed by atoms with Gasteiger partial charge in [0.1, 0.15) is 0 Å². The van der Waals surface area contributed by atoms with Crippen molar-refractivity contribution in [2.45, 2.75) is 27.2 Å². The van der Waals surface area contributed by atoms with Crippen LogP contribution in [0.25, 0.3) is 0 Å². The molecule has 1 amide bonds. The highest BCUT2D eigenvalue weighted by Crippen LogP contribution is 2.25. The summed E-state index contributed by atoms with van der Waals surface area (Å²) in [5.74, 6) is -0.973. The zero-order valence-electron chi connectivity index (χ0n) is 12.2. The normalized spacial score (nSPS) is 16.6. The molecule has 1 aromatic carbocycles. The molecule has 0 aromatic heterocycles. The van der Waals surface area contributed by atoms with Gasteiger partial charge in [-0.25, -0.2) is 0 Å². The smallest absolute Gasteiger partial charge is 0.306 e. The molecule has 1 N–H and O–H groups in total. The monoisotopic (exact) mass is 275 g/mol. The maximum Gasteiger partial charge on any atom is 0.306 e. The standard InChI is InChI=1S/C16H21NO3/c1-10-4-5-11(2)13(6-10)7-15(18)17-8-14(9-17)12(3)16(19)20/h4-6,12,14H,7-9H2,1-3H3,(H,19,20). The van der Waals surface area contributed by atoms with E-state index in [1.807, 2.05) is 32.0 Å². The van der Waals surface area contributed by atoms with Gasteiger partial charge in [0.25, 0.3) is 0 Å². The van der Waals surface area contributed by atoms with Gasteiger partial charge in [-0.2, -0.15) is 0 Å². The number of carbonyl (C=O) groups excluding carboxylic acids is 1. The van der Waals surface area contributed by atoms with Crippen LogP contribution in [0.5, 0.6) is 0 Å². The van der Waals surface area contributed by atoms with Gasteiger partial charge in [0.2, 0.25) is 5.91 Å². The average molecular weight is 275 g/mol. The molecule has 1 saturated heterocycles. The third-order valence-corrected chi connectivity index (χ3v) is 4.21. The zero-order valence-corrected chi connectivity index (χ0v) is 12.2. The van der Waals surface area contributed by atoms with E-state index in [1.54, 1.807) is 11.8 Å². The molecule has 1 unspecified atom stereocenters. The summed E-state index contributed by atoms with van der Waals surface area (Å²) in [6.07, 6.45) is 0.404. The van der Waals surface area contributed by atoms with Gasteiger partial charge in [-0.3, -0.25) is 9.59 Å². The van der Waals surface area contributed by atoms with Gasteiger partial charge in [-0.1, -0.05) is 30.7 Å². The highest BCUT2D eigenvalue weighted by Gasteiger charge is 2.36. The number of nitrogens with zero attached hydrogens (tertiary/aromatic N) is 1. The van der Waals surface area contributed by atoms with Crippen molar-refractivity contribution in [3.63, 3.8) is 0 Å². The van der Waals surface area contributed by atoms with E-state index >= 15 is 0 Å². The number of benzene rings is 1. The fraction of sp³-hybridized carbons (Fsp3) is 0.500. The van der Waals surface area contributed by atoms with Crippen molar-refractivity contribution in [1.29, 1.82) is 0 Å². The molecule has 4 nitrogen and oxygen atoms in total. The van der Waals surface area contributed by atoms with Gasteiger partial charge in [0.15, 0.2) is 0 Å². The molecule has 0 saturated carbocycles. The molecule has 20 heavy (non-hydrogen) atoms. The minimum absolute atomic E-state index is 0.0903. The second-order valence-corrected chi connectivity index (χ2v) is 5.79. The van der Waals surface area contributed by atoms with Gasteiger partial charge in [0, 0.05) is 19.0 Å². The van der Waals surface area contributed by atoms with E-state index in [1.165, 1.54) is 0 Å². The molecule has 2 rings (SSSR count). The summed E-state index contributed by atoms with van der Waals surface area (Å²) in [6, 6.07) is 6.12. The minimum atomic E-state index is -0.781. The van der Waals surface area contributed by atoms with Crippen molar-refractivity contribution in [2.24, 2.45) is 11.8 Å². The van der Waals surface area contributed by atoms with E-state index in [-0.39, 0.29) is 17.7 Å². The third-order valence-electron chi connectivity index (χ3n) is 4.21. The number of carboxylic acid groups (broad SMARTS) is 1. The van der Waals surface area contributed by atoms with Crippen LogP contribution >= 0.6 is 0 Å². The number of likely N-dealkylation sites (tertiary alicyclic amines) is 1. The molecular weight excluding hydrogens is 254 g/mol. The first-order chi connectivity index (χ1) is 9.38. The van der Waals surface area contributed by atoms with Crippen LogP contribution in [0.4, 0.5) is 0 Å². The van der Waals surface area contributed by atoms with E-state index in [2.05, 4.69) is 0 Å². The Morgan fingerprint density at radius 1 is 1.35 bits per heavy atom.